The Morgan fingerprint density at radius 3 is 1.62 bits per heavy atom. The van der Waals surface area contributed by atoms with E-state index in [4.69, 9.17) is 0 Å². The molecule has 0 atom stereocenters. The van der Waals surface area contributed by atoms with Crippen molar-refractivity contribution in [3.63, 3.8) is 0 Å². The lowest BCUT2D eigenvalue weighted by Crippen LogP contribution is -2.28. The summed E-state index contributed by atoms with van der Waals surface area (Å²) in [5.41, 5.74) is 13.7. The van der Waals surface area contributed by atoms with Crippen LogP contribution in [0.15, 0.2) is 188 Å². The summed E-state index contributed by atoms with van der Waals surface area (Å²) in [7, 11) is 0. The zero-order valence-electron chi connectivity index (χ0n) is 28.8. The van der Waals surface area contributed by atoms with E-state index in [0.717, 1.165) is 0 Å². The van der Waals surface area contributed by atoms with E-state index >= 15 is 0 Å². The molecule has 0 radical (unpaired) electrons. The van der Waals surface area contributed by atoms with Gasteiger partial charge in [-0.2, -0.15) is 0 Å². The third kappa shape index (κ3) is 3.76. The van der Waals surface area contributed by atoms with E-state index in [2.05, 4.69) is 193 Å². The Kier molecular flexibility index (Phi) is 5.92. The molecule has 9 aromatic carbocycles. The first kappa shape index (κ1) is 29.1. The van der Waals surface area contributed by atoms with Gasteiger partial charge in [-0.25, -0.2) is 0 Å². The molecule has 1 spiro atoms. The number of thiophene rings is 1. The summed E-state index contributed by atoms with van der Waals surface area (Å²) in [4.78, 5) is 2.61. The fourth-order valence-corrected chi connectivity index (χ4v) is 11.1. The highest BCUT2D eigenvalue weighted by Gasteiger charge is 2.53. The van der Waals surface area contributed by atoms with E-state index in [-0.39, 0.29) is 0 Å². The molecule has 53 heavy (non-hydrogen) atoms. The maximum absolute atomic E-state index is 2.61. The maximum Gasteiger partial charge on any atom is 0.0746 e. The zero-order chi connectivity index (χ0) is 34.7. The highest BCUT2D eigenvalue weighted by Crippen LogP contribution is 2.65. The molecule has 10 aromatic rings. The van der Waals surface area contributed by atoms with Crippen molar-refractivity contribution in [3.05, 3.63) is 210 Å². The number of benzene rings is 9. The summed E-state index contributed by atoms with van der Waals surface area (Å²) in [5, 5.41) is 7.63. The number of anilines is 3. The van der Waals surface area contributed by atoms with Crippen LogP contribution in [0.3, 0.4) is 0 Å². The standard InChI is InChI=1S/C51H31NS/c1-3-18-34-32(15-1)17-13-28-44(34)52(46-31-33-16-2-4-19-35(33)48-40-23-8-12-30-47(40)53-50(46)48)45-29-14-24-39-38-22-7-11-27-43(38)51(49(39)45)41-25-9-5-20-36(41)37-21-6-10-26-42(37)51/h1-31H. The number of fused-ring (bicyclic) bond motifs is 16. The highest BCUT2D eigenvalue weighted by atomic mass is 32.1. The normalized spacial score (nSPS) is 13.4. The lowest BCUT2D eigenvalue weighted by Gasteiger charge is -2.36. The van der Waals surface area contributed by atoms with E-state index in [9.17, 15) is 0 Å². The van der Waals surface area contributed by atoms with Crippen molar-refractivity contribution >= 4 is 70.1 Å². The molecule has 0 amide bonds. The van der Waals surface area contributed by atoms with Gasteiger partial charge < -0.3 is 4.90 Å². The van der Waals surface area contributed by atoms with Crippen LogP contribution >= 0.6 is 11.3 Å². The van der Waals surface area contributed by atoms with Crippen LogP contribution in [0.5, 0.6) is 0 Å². The van der Waals surface area contributed by atoms with E-state index in [0.29, 0.717) is 0 Å². The van der Waals surface area contributed by atoms with Gasteiger partial charge in [0.05, 0.1) is 27.2 Å². The largest absolute Gasteiger partial charge is 0.308 e. The second-order valence-corrected chi connectivity index (χ2v) is 15.4. The van der Waals surface area contributed by atoms with Crippen LogP contribution in [-0.4, -0.2) is 0 Å². The van der Waals surface area contributed by atoms with Gasteiger partial charge in [0.2, 0.25) is 0 Å². The lowest BCUT2D eigenvalue weighted by atomic mass is 9.70. The molecule has 0 unspecified atom stereocenters. The van der Waals surface area contributed by atoms with Crippen molar-refractivity contribution in [2.24, 2.45) is 0 Å². The summed E-state index contributed by atoms with van der Waals surface area (Å²) >= 11 is 1.91. The molecule has 1 nitrogen and oxygen atoms in total. The molecule has 0 saturated heterocycles. The van der Waals surface area contributed by atoms with Gasteiger partial charge in [-0.3, -0.25) is 0 Å². The van der Waals surface area contributed by atoms with Gasteiger partial charge in [0.15, 0.2) is 0 Å². The van der Waals surface area contributed by atoms with Crippen LogP contribution in [0.4, 0.5) is 17.1 Å². The molecule has 0 aliphatic heterocycles. The first-order valence-corrected chi connectivity index (χ1v) is 19.2. The Labute approximate surface area is 311 Å². The van der Waals surface area contributed by atoms with Crippen LogP contribution in [0.2, 0.25) is 0 Å². The smallest absolute Gasteiger partial charge is 0.0746 e. The highest BCUT2D eigenvalue weighted by molar-refractivity contribution is 7.26. The van der Waals surface area contributed by atoms with Gasteiger partial charge in [0.25, 0.3) is 0 Å². The van der Waals surface area contributed by atoms with Crippen LogP contribution in [0.1, 0.15) is 22.3 Å². The molecule has 1 aromatic heterocycles. The van der Waals surface area contributed by atoms with Crippen molar-refractivity contribution < 1.29 is 0 Å². The summed E-state index contributed by atoms with van der Waals surface area (Å²) in [5.74, 6) is 0. The lowest BCUT2D eigenvalue weighted by molar-refractivity contribution is 0.793. The monoisotopic (exact) mass is 689 g/mol. The van der Waals surface area contributed by atoms with Gasteiger partial charge in [-0.15, -0.1) is 11.3 Å². The third-order valence-corrected chi connectivity index (χ3v) is 13.0. The van der Waals surface area contributed by atoms with Crippen molar-refractivity contribution in [2.75, 3.05) is 4.90 Å². The molecular formula is C51H31NS. The average molecular weight is 690 g/mol. The topological polar surface area (TPSA) is 3.24 Å². The third-order valence-electron chi connectivity index (χ3n) is 11.8. The predicted octanol–water partition coefficient (Wildman–Crippen LogP) is 14.2. The minimum Gasteiger partial charge on any atom is -0.308 e. The average Bonchev–Trinajstić information content (AvgIpc) is 3.86. The molecule has 0 N–H and O–H groups in total. The zero-order valence-corrected chi connectivity index (χ0v) is 29.6. The molecule has 0 saturated carbocycles. The summed E-state index contributed by atoms with van der Waals surface area (Å²) in [6.45, 7) is 0. The predicted molar refractivity (Wildman–Crippen MR) is 225 cm³/mol. The van der Waals surface area contributed by atoms with Gasteiger partial charge in [0.1, 0.15) is 0 Å². The summed E-state index contributed by atoms with van der Waals surface area (Å²) in [6, 6.07) is 70.3. The SMILES string of the molecule is c1ccc2c(c1)-c1ccccc1C21c2ccccc2-c2cccc(N(c3cccc4ccccc34)c3cc4ccccc4c4c3sc3ccccc34)c21. The van der Waals surface area contributed by atoms with E-state index < -0.39 is 5.41 Å². The number of hydrogen-bond acceptors (Lipinski definition) is 2. The Hall–Kier alpha value is -6.48. The first-order valence-electron chi connectivity index (χ1n) is 18.4. The van der Waals surface area contributed by atoms with Crippen molar-refractivity contribution in [3.8, 4) is 22.3 Å². The molecular weight excluding hydrogens is 659 g/mol. The molecule has 2 heteroatoms. The molecule has 0 fully saturated rings. The Morgan fingerprint density at radius 2 is 0.887 bits per heavy atom. The molecule has 12 rings (SSSR count). The molecule has 1 heterocycles. The van der Waals surface area contributed by atoms with Crippen LogP contribution < -0.4 is 4.90 Å². The Balaban J connectivity index is 1.29. The Morgan fingerprint density at radius 1 is 0.377 bits per heavy atom. The minimum atomic E-state index is -0.491. The van der Waals surface area contributed by atoms with Crippen molar-refractivity contribution in [1.82, 2.24) is 0 Å². The Bertz CT molecular complexity index is 3080. The van der Waals surface area contributed by atoms with E-state index in [1.807, 2.05) is 11.3 Å². The van der Waals surface area contributed by atoms with Gasteiger partial charge in [-0.05, 0) is 79.4 Å². The first-order chi connectivity index (χ1) is 26.3. The van der Waals surface area contributed by atoms with Crippen LogP contribution in [0.25, 0.3) is 64.0 Å². The number of hydrogen-bond donors (Lipinski definition) is 0. The molecule has 246 valence electrons. The second-order valence-electron chi connectivity index (χ2n) is 14.3. The summed E-state index contributed by atoms with van der Waals surface area (Å²) < 4.78 is 2.60. The van der Waals surface area contributed by atoms with Gasteiger partial charge in [0, 0.05) is 26.4 Å². The fourth-order valence-electron chi connectivity index (χ4n) is 9.83. The van der Waals surface area contributed by atoms with E-state index in [1.54, 1.807) is 0 Å². The van der Waals surface area contributed by atoms with E-state index in [1.165, 1.54) is 103 Å². The fraction of sp³-hybridized carbons (Fsp3) is 0.0196. The second kappa shape index (κ2) is 10.8. The number of rotatable bonds is 3. The maximum atomic E-state index is 2.61. The van der Waals surface area contributed by atoms with Crippen molar-refractivity contribution in [2.45, 2.75) is 5.41 Å². The molecule has 2 aliphatic rings. The molecule has 0 bridgehead atoms. The van der Waals surface area contributed by atoms with Crippen molar-refractivity contribution in [1.29, 1.82) is 0 Å². The van der Waals surface area contributed by atoms with Crippen LogP contribution in [-0.2, 0) is 5.41 Å². The quantitative estimate of drug-likeness (QED) is 0.178. The molecule has 2 aliphatic carbocycles. The minimum absolute atomic E-state index is 0.491. The number of nitrogens with zero attached hydrogens (tertiary/aromatic N) is 1. The van der Waals surface area contributed by atoms with Crippen LogP contribution in [0, 0.1) is 0 Å². The summed E-state index contributed by atoms with van der Waals surface area (Å²) in [6.07, 6.45) is 0. The van der Waals surface area contributed by atoms with Gasteiger partial charge >= 0.3 is 0 Å². The van der Waals surface area contributed by atoms with Gasteiger partial charge in [-0.1, -0.05) is 164 Å².